The highest BCUT2D eigenvalue weighted by atomic mass is 28.3. The predicted molar refractivity (Wildman–Crippen MR) is 128 cm³/mol. The smallest absolute Gasteiger partial charge is 0.299 e. The van der Waals surface area contributed by atoms with E-state index < -0.39 is 25.8 Å². The number of carbonyl (C=O) groups is 1. The maximum atomic E-state index is 14.7. The van der Waals surface area contributed by atoms with Gasteiger partial charge in [0.25, 0.3) is 5.91 Å². The van der Waals surface area contributed by atoms with Crippen LogP contribution in [0.5, 0.6) is 0 Å². The Morgan fingerprint density at radius 2 is 2.06 bits per heavy atom. The van der Waals surface area contributed by atoms with Gasteiger partial charge in [0.1, 0.15) is 31.6 Å². The summed E-state index contributed by atoms with van der Waals surface area (Å²) in [6, 6.07) is 1.56. The van der Waals surface area contributed by atoms with Crippen molar-refractivity contribution in [2.45, 2.75) is 64.3 Å². The zero-order chi connectivity index (χ0) is 23.9. The fourth-order valence-corrected chi connectivity index (χ4v) is 5.08. The van der Waals surface area contributed by atoms with Crippen LogP contribution in [0.25, 0.3) is 10.9 Å². The molecular weight excluding hydrogens is 438 g/mol. The lowest BCUT2D eigenvalue weighted by Gasteiger charge is -2.41. The molecule has 5 nitrogen and oxygen atoms in total. The third kappa shape index (κ3) is 4.47. The van der Waals surface area contributed by atoms with Crippen molar-refractivity contribution in [1.29, 1.82) is 0 Å². The fraction of sp³-hybridized carbons (Fsp3) is 0.440. The van der Waals surface area contributed by atoms with Crippen molar-refractivity contribution in [1.82, 2.24) is 19.4 Å². The SMILES string of the molecule is CCCC[C@H]1Cc2c([nH]c3c(F)cc(F)cc23)[C@H](c2nccn2C)N1C(=O)C#C[Si](C)(C)C. The Labute approximate surface area is 194 Å². The molecule has 0 saturated carbocycles. The van der Waals surface area contributed by atoms with Crippen LogP contribution in [0.3, 0.4) is 0 Å². The van der Waals surface area contributed by atoms with Gasteiger partial charge in [0.2, 0.25) is 0 Å². The lowest BCUT2D eigenvalue weighted by atomic mass is 9.88. The number of carbonyl (C=O) groups excluding carboxylic acids is 1. The van der Waals surface area contributed by atoms with E-state index in [0.29, 0.717) is 23.3 Å². The molecular formula is C25H30F2N4OSi. The number of nitrogens with zero attached hydrogens (tertiary/aromatic N) is 3. The van der Waals surface area contributed by atoms with Crippen molar-refractivity contribution < 1.29 is 13.6 Å². The summed E-state index contributed by atoms with van der Waals surface area (Å²) >= 11 is 0. The van der Waals surface area contributed by atoms with E-state index in [1.807, 2.05) is 22.7 Å². The van der Waals surface area contributed by atoms with Crippen LogP contribution in [0.2, 0.25) is 19.6 Å². The molecule has 0 aliphatic carbocycles. The Bertz CT molecular complexity index is 1260. The lowest BCUT2D eigenvalue weighted by molar-refractivity contribution is -0.130. The summed E-state index contributed by atoms with van der Waals surface area (Å²) in [5.74, 6) is 2.07. The van der Waals surface area contributed by atoms with Crippen molar-refractivity contribution in [3.8, 4) is 11.5 Å². The van der Waals surface area contributed by atoms with E-state index in [4.69, 9.17) is 0 Å². The van der Waals surface area contributed by atoms with E-state index in [1.54, 1.807) is 6.20 Å². The van der Waals surface area contributed by atoms with E-state index >= 15 is 0 Å². The molecule has 2 atom stereocenters. The summed E-state index contributed by atoms with van der Waals surface area (Å²) < 4.78 is 30.7. The van der Waals surface area contributed by atoms with E-state index in [2.05, 4.69) is 48.0 Å². The predicted octanol–water partition coefficient (Wildman–Crippen LogP) is 5.09. The summed E-state index contributed by atoms with van der Waals surface area (Å²) in [6.07, 6.45) is 6.72. The molecule has 33 heavy (non-hydrogen) atoms. The molecule has 8 heteroatoms. The standard InChI is InChI=1S/C25H30F2N4OSi/c1-6-7-8-17-15-19-18-13-16(26)14-20(27)22(18)29-23(19)24(25-28-10-11-30(25)2)31(17)21(32)9-12-33(3,4)5/h10-11,13-14,17,24,29H,6-8,15H2,1-5H3/t17-,24+/m0/s1. The third-order valence-electron chi connectivity index (χ3n) is 6.12. The van der Waals surface area contributed by atoms with Gasteiger partial charge < -0.3 is 14.5 Å². The number of unbranched alkanes of at least 4 members (excludes halogenated alkanes) is 1. The second-order valence-corrected chi connectivity index (χ2v) is 14.6. The van der Waals surface area contributed by atoms with Crippen molar-refractivity contribution in [2.75, 3.05) is 0 Å². The van der Waals surface area contributed by atoms with Crippen molar-refractivity contribution >= 4 is 24.9 Å². The molecule has 1 amide bonds. The first-order chi connectivity index (χ1) is 15.6. The largest absolute Gasteiger partial charge is 0.354 e. The number of aromatic amines is 1. The molecule has 1 aromatic carbocycles. The number of hydrogen-bond donors (Lipinski definition) is 1. The van der Waals surface area contributed by atoms with Gasteiger partial charge in [0.15, 0.2) is 0 Å². The number of H-pyrrole nitrogens is 1. The minimum Gasteiger partial charge on any atom is -0.354 e. The number of hydrogen-bond acceptors (Lipinski definition) is 2. The monoisotopic (exact) mass is 468 g/mol. The second-order valence-electron chi connectivity index (χ2n) is 9.84. The maximum absolute atomic E-state index is 14.7. The molecule has 1 aliphatic rings. The summed E-state index contributed by atoms with van der Waals surface area (Å²) in [5.41, 5.74) is 4.98. The Morgan fingerprint density at radius 3 is 2.70 bits per heavy atom. The summed E-state index contributed by atoms with van der Waals surface area (Å²) in [5, 5.41) is 0.531. The van der Waals surface area contributed by atoms with Crippen LogP contribution >= 0.6 is 0 Å². The molecule has 0 unspecified atom stereocenters. The zero-order valence-corrected chi connectivity index (χ0v) is 20.8. The molecule has 1 N–H and O–H groups in total. The molecule has 3 aromatic rings. The van der Waals surface area contributed by atoms with Gasteiger partial charge in [-0.2, -0.15) is 0 Å². The number of nitrogens with one attached hydrogen (secondary N) is 1. The number of halogens is 2. The number of aryl methyl sites for hydroxylation is 1. The molecule has 0 fully saturated rings. The van der Waals surface area contributed by atoms with Gasteiger partial charge in [-0.3, -0.25) is 4.79 Å². The van der Waals surface area contributed by atoms with Gasteiger partial charge >= 0.3 is 0 Å². The van der Waals surface area contributed by atoms with Crippen LogP contribution in [-0.4, -0.2) is 39.5 Å². The molecule has 2 aromatic heterocycles. The molecule has 0 saturated heterocycles. The van der Waals surface area contributed by atoms with Crippen LogP contribution in [0.1, 0.15) is 49.3 Å². The second kappa shape index (κ2) is 8.79. The molecule has 174 valence electrons. The summed E-state index contributed by atoms with van der Waals surface area (Å²) in [4.78, 5) is 23.1. The minimum atomic E-state index is -1.77. The quantitative estimate of drug-likeness (QED) is 0.428. The Morgan fingerprint density at radius 1 is 1.30 bits per heavy atom. The fourth-order valence-electron chi connectivity index (χ4n) is 4.59. The molecule has 3 heterocycles. The average molecular weight is 469 g/mol. The van der Waals surface area contributed by atoms with Gasteiger partial charge in [0.05, 0.1) is 11.2 Å². The average Bonchev–Trinajstić information content (AvgIpc) is 3.32. The third-order valence-corrected chi connectivity index (χ3v) is 7.00. The number of aromatic nitrogens is 3. The van der Waals surface area contributed by atoms with Gasteiger partial charge in [-0.1, -0.05) is 39.4 Å². The summed E-state index contributed by atoms with van der Waals surface area (Å²) in [7, 11) is 0.102. The highest BCUT2D eigenvalue weighted by molar-refractivity contribution is 6.84. The number of imidazole rings is 1. The highest BCUT2D eigenvalue weighted by Gasteiger charge is 2.41. The molecule has 1 aliphatic heterocycles. The topological polar surface area (TPSA) is 53.9 Å². The van der Waals surface area contributed by atoms with Crippen molar-refractivity contribution in [2.24, 2.45) is 7.05 Å². The van der Waals surface area contributed by atoms with Crippen LogP contribution < -0.4 is 0 Å². The van der Waals surface area contributed by atoms with Crippen LogP contribution in [-0.2, 0) is 18.3 Å². The van der Waals surface area contributed by atoms with Gasteiger partial charge in [-0.15, -0.1) is 5.54 Å². The number of fused-ring (bicyclic) bond motifs is 3. The van der Waals surface area contributed by atoms with Gasteiger partial charge in [-0.25, -0.2) is 13.8 Å². The number of amides is 1. The first kappa shape index (κ1) is 23.2. The lowest BCUT2D eigenvalue weighted by Crippen LogP contribution is -2.48. The molecule has 0 spiro atoms. The van der Waals surface area contributed by atoms with Crippen molar-refractivity contribution in [3.05, 3.63) is 53.2 Å². The van der Waals surface area contributed by atoms with E-state index in [0.717, 1.165) is 30.9 Å². The normalized spacial score (nSPS) is 18.2. The van der Waals surface area contributed by atoms with Crippen molar-refractivity contribution in [3.63, 3.8) is 0 Å². The number of benzene rings is 1. The first-order valence-corrected chi connectivity index (χ1v) is 14.9. The minimum absolute atomic E-state index is 0.145. The van der Waals surface area contributed by atoms with Gasteiger partial charge in [-0.05, 0) is 30.4 Å². The first-order valence-electron chi connectivity index (χ1n) is 11.4. The van der Waals surface area contributed by atoms with Gasteiger partial charge in [0, 0.05) is 36.9 Å². The van der Waals surface area contributed by atoms with Crippen LogP contribution in [0.15, 0.2) is 24.5 Å². The summed E-state index contributed by atoms with van der Waals surface area (Å²) in [6.45, 7) is 8.41. The van der Waals surface area contributed by atoms with E-state index in [9.17, 15) is 13.6 Å². The van der Waals surface area contributed by atoms with Crippen LogP contribution in [0, 0.1) is 23.1 Å². The van der Waals surface area contributed by atoms with Crippen LogP contribution in [0.4, 0.5) is 8.78 Å². The Balaban J connectivity index is 1.95. The molecule has 0 radical (unpaired) electrons. The van der Waals surface area contributed by atoms with E-state index in [-0.39, 0.29) is 17.5 Å². The Hall–Kier alpha value is -2.92. The molecule has 0 bridgehead atoms. The Kier molecular flexibility index (Phi) is 6.19. The number of rotatable bonds is 4. The highest BCUT2D eigenvalue weighted by Crippen LogP contribution is 2.42. The zero-order valence-electron chi connectivity index (χ0n) is 19.8. The maximum Gasteiger partial charge on any atom is 0.299 e. The molecule has 4 rings (SSSR count). The van der Waals surface area contributed by atoms with E-state index in [1.165, 1.54) is 6.07 Å².